The van der Waals surface area contributed by atoms with E-state index < -0.39 is 0 Å². The molecule has 0 fully saturated rings. The van der Waals surface area contributed by atoms with Crippen molar-refractivity contribution in [1.82, 2.24) is 5.48 Å². The fourth-order valence-corrected chi connectivity index (χ4v) is 1.38. The monoisotopic (exact) mass is 201 g/mol. The van der Waals surface area contributed by atoms with Crippen molar-refractivity contribution < 1.29 is 9.63 Å². The minimum atomic E-state index is -0.0522. The molecule has 0 aliphatic carbocycles. The van der Waals surface area contributed by atoms with Gasteiger partial charge in [-0.2, -0.15) is 5.48 Å². The van der Waals surface area contributed by atoms with Gasteiger partial charge in [0.1, 0.15) is 5.78 Å². The zero-order valence-corrected chi connectivity index (χ0v) is 10.0. The van der Waals surface area contributed by atoms with Gasteiger partial charge in [-0.15, -0.1) is 0 Å². The molecular formula is C11H23NO2. The van der Waals surface area contributed by atoms with Crippen LogP contribution in [-0.4, -0.2) is 17.4 Å². The lowest BCUT2D eigenvalue weighted by Gasteiger charge is -2.27. The highest BCUT2D eigenvalue weighted by Gasteiger charge is 2.17. The molecule has 3 nitrogen and oxygen atoms in total. The van der Waals surface area contributed by atoms with E-state index in [0.717, 1.165) is 12.8 Å². The van der Waals surface area contributed by atoms with Gasteiger partial charge in [0.15, 0.2) is 0 Å². The van der Waals surface area contributed by atoms with Crippen LogP contribution in [0.15, 0.2) is 0 Å². The molecule has 84 valence electrons. The fraction of sp³-hybridized carbons (Fsp3) is 0.909. The highest BCUT2D eigenvalue weighted by atomic mass is 16.7. The van der Waals surface area contributed by atoms with Crippen molar-refractivity contribution in [2.45, 2.75) is 65.5 Å². The van der Waals surface area contributed by atoms with E-state index in [2.05, 4.69) is 26.3 Å². The number of carbonyl (C=O) groups excluding carboxylic acids is 1. The maximum atomic E-state index is 10.8. The highest BCUT2D eigenvalue weighted by molar-refractivity contribution is 5.75. The highest BCUT2D eigenvalue weighted by Crippen LogP contribution is 2.11. The molecule has 0 aliphatic heterocycles. The van der Waals surface area contributed by atoms with E-state index in [-0.39, 0.29) is 17.4 Å². The molecule has 0 aromatic carbocycles. The zero-order valence-electron chi connectivity index (χ0n) is 10.0. The van der Waals surface area contributed by atoms with Crippen LogP contribution in [0.3, 0.4) is 0 Å². The molecule has 0 spiro atoms. The van der Waals surface area contributed by atoms with E-state index in [1.165, 1.54) is 0 Å². The first-order valence-electron chi connectivity index (χ1n) is 5.29. The molecule has 1 unspecified atom stereocenters. The van der Waals surface area contributed by atoms with Gasteiger partial charge in [0.05, 0.1) is 6.10 Å². The van der Waals surface area contributed by atoms with Gasteiger partial charge in [-0.3, -0.25) is 9.63 Å². The molecular weight excluding hydrogens is 178 g/mol. The van der Waals surface area contributed by atoms with Gasteiger partial charge in [0.25, 0.3) is 0 Å². The summed E-state index contributed by atoms with van der Waals surface area (Å²) < 4.78 is 0. The molecule has 0 aromatic rings. The average Bonchev–Trinajstić information content (AvgIpc) is 2.00. The summed E-state index contributed by atoms with van der Waals surface area (Å²) in [5.41, 5.74) is 3.00. The largest absolute Gasteiger partial charge is 0.300 e. The fourth-order valence-electron chi connectivity index (χ4n) is 1.38. The Kier molecular flexibility index (Phi) is 5.96. The van der Waals surface area contributed by atoms with Crippen LogP contribution < -0.4 is 5.48 Å². The normalized spacial score (nSPS) is 14.1. The summed E-state index contributed by atoms with van der Waals surface area (Å²) >= 11 is 0. The number of hydroxylamine groups is 1. The van der Waals surface area contributed by atoms with E-state index in [1.54, 1.807) is 6.92 Å². The Bertz CT molecular complexity index is 178. The van der Waals surface area contributed by atoms with Crippen LogP contribution in [0, 0.1) is 0 Å². The van der Waals surface area contributed by atoms with Crippen LogP contribution in [0.25, 0.3) is 0 Å². The summed E-state index contributed by atoms with van der Waals surface area (Å²) in [6.45, 7) is 9.81. The molecule has 0 aromatic heterocycles. The standard InChI is InChI=1S/C11H23NO2/c1-6-7-11(4,5)12-14-10(3)8-9(2)13/h10,12H,6-8H2,1-5H3. The van der Waals surface area contributed by atoms with Crippen LogP contribution >= 0.6 is 0 Å². The first-order valence-corrected chi connectivity index (χ1v) is 5.29. The van der Waals surface area contributed by atoms with Gasteiger partial charge in [-0.05, 0) is 34.1 Å². The van der Waals surface area contributed by atoms with Crippen molar-refractivity contribution in [3.05, 3.63) is 0 Å². The van der Waals surface area contributed by atoms with Crippen molar-refractivity contribution in [1.29, 1.82) is 0 Å². The Balaban J connectivity index is 3.75. The second-order valence-electron chi connectivity index (χ2n) is 4.57. The lowest BCUT2D eigenvalue weighted by atomic mass is 10.0. The molecule has 14 heavy (non-hydrogen) atoms. The molecule has 0 saturated heterocycles. The molecule has 0 heterocycles. The first kappa shape index (κ1) is 13.6. The number of ketones is 1. The Hall–Kier alpha value is -0.410. The van der Waals surface area contributed by atoms with E-state index >= 15 is 0 Å². The van der Waals surface area contributed by atoms with Gasteiger partial charge < -0.3 is 0 Å². The molecule has 1 N–H and O–H groups in total. The molecule has 0 amide bonds. The van der Waals surface area contributed by atoms with Crippen LogP contribution in [0.4, 0.5) is 0 Å². The van der Waals surface area contributed by atoms with Crippen LogP contribution in [0.2, 0.25) is 0 Å². The number of Topliss-reactive ketones (excluding diaryl/α,β-unsaturated/α-hetero) is 1. The predicted octanol–water partition coefficient (Wildman–Crippen LogP) is 2.45. The maximum Gasteiger partial charge on any atom is 0.132 e. The third-order valence-corrected chi connectivity index (χ3v) is 1.99. The van der Waals surface area contributed by atoms with Crippen molar-refractivity contribution in [2.75, 3.05) is 0 Å². The van der Waals surface area contributed by atoms with Gasteiger partial charge in [-0.25, -0.2) is 0 Å². The number of nitrogens with one attached hydrogen (secondary N) is 1. The molecule has 0 saturated carbocycles. The predicted molar refractivity (Wildman–Crippen MR) is 58.0 cm³/mol. The second kappa shape index (κ2) is 6.14. The molecule has 0 radical (unpaired) electrons. The van der Waals surface area contributed by atoms with Crippen molar-refractivity contribution in [3.63, 3.8) is 0 Å². The van der Waals surface area contributed by atoms with Gasteiger partial charge in [-0.1, -0.05) is 13.3 Å². The zero-order chi connectivity index (χ0) is 11.2. The molecule has 0 aliphatic rings. The minimum absolute atomic E-state index is 0.0141. The number of hydrogen-bond acceptors (Lipinski definition) is 3. The second-order valence-corrected chi connectivity index (χ2v) is 4.57. The molecule has 1 atom stereocenters. The third-order valence-electron chi connectivity index (χ3n) is 1.99. The number of hydrogen-bond donors (Lipinski definition) is 1. The average molecular weight is 201 g/mol. The molecule has 0 bridgehead atoms. The Morgan fingerprint density at radius 1 is 1.50 bits per heavy atom. The van der Waals surface area contributed by atoms with Crippen LogP contribution in [-0.2, 0) is 9.63 Å². The molecule has 3 heteroatoms. The van der Waals surface area contributed by atoms with Crippen LogP contribution in [0.1, 0.15) is 53.9 Å². The van der Waals surface area contributed by atoms with Gasteiger partial charge >= 0.3 is 0 Å². The summed E-state index contributed by atoms with van der Waals surface area (Å²) in [6.07, 6.45) is 2.59. The Morgan fingerprint density at radius 3 is 2.50 bits per heavy atom. The van der Waals surface area contributed by atoms with Gasteiger partial charge in [0.2, 0.25) is 0 Å². The van der Waals surface area contributed by atoms with Gasteiger partial charge in [0, 0.05) is 12.0 Å². The quantitative estimate of drug-likeness (QED) is 0.643. The maximum absolute atomic E-state index is 10.8. The number of carbonyl (C=O) groups is 1. The summed E-state index contributed by atoms with van der Waals surface area (Å²) in [6, 6.07) is 0. The summed E-state index contributed by atoms with van der Waals surface area (Å²) in [5, 5.41) is 0. The van der Waals surface area contributed by atoms with E-state index in [4.69, 9.17) is 4.84 Å². The van der Waals surface area contributed by atoms with E-state index in [1.807, 2.05) is 6.92 Å². The summed E-state index contributed by atoms with van der Waals surface area (Å²) in [4.78, 5) is 16.2. The summed E-state index contributed by atoms with van der Waals surface area (Å²) in [7, 11) is 0. The Morgan fingerprint density at radius 2 is 2.07 bits per heavy atom. The van der Waals surface area contributed by atoms with E-state index in [0.29, 0.717) is 6.42 Å². The van der Waals surface area contributed by atoms with Crippen molar-refractivity contribution in [2.24, 2.45) is 0 Å². The smallest absolute Gasteiger partial charge is 0.132 e. The topological polar surface area (TPSA) is 38.3 Å². The first-order chi connectivity index (χ1) is 6.37. The Labute approximate surface area is 87.2 Å². The SMILES string of the molecule is CCCC(C)(C)NOC(C)CC(C)=O. The van der Waals surface area contributed by atoms with Crippen LogP contribution in [0.5, 0.6) is 0 Å². The summed E-state index contributed by atoms with van der Waals surface area (Å²) in [5.74, 6) is 0.160. The van der Waals surface area contributed by atoms with Crippen molar-refractivity contribution in [3.8, 4) is 0 Å². The third kappa shape index (κ3) is 7.04. The minimum Gasteiger partial charge on any atom is -0.300 e. The van der Waals surface area contributed by atoms with Crippen molar-refractivity contribution >= 4 is 5.78 Å². The number of rotatable bonds is 7. The molecule has 0 rings (SSSR count). The lowest BCUT2D eigenvalue weighted by Crippen LogP contribution is -2.41. The lowest BCUT2D eigenvalue weighted by molar-refractivity contribution is -0.123. The van der Waals surface area contributed by atoms with E-state index in [9.17, 15) is 4.79 Å².